The van der Waals surface area contributed by atoms with Gasteiger partial charge in [0, 0.05) is 24.8 Å². The van der Waals surface area contributed by atoms with E-state index in [1.165, 1.54) is 0 Å². The Balaban J connectivity index is 2.10. The number of esters is 1. The second-order valence-electron chi connectivity index (χ2n) is 8.00. The van der Waals surface area contributed by atoms with Crippen molar-refractivity contribution in [3.63, 3.8) is 0 Å². The number of rotatable bonds is 4. The fourth-order valence-corrected chi connectivity index (χ4v) is 3.64. The quantitative estimate of drug-likeness (QED) is 0.606. The lowest BCUT2D eigenvalue weighted by atomic mass is 10.1. The number of amides is 2. The summed E-state index contributed by atoms with van der Waals surface area (Å²) in [5.74, 6) is -0.250. The van der Waals surface area contributed by atoms with Gasteiger partial charge in [0.25, 0.3) is 0 Å². The van der Waals surface area contributed by atoms with Crippen LogP contribution in [0.3, 0.4) is 0 Å². The molecule has 2 heterocycles. The van der Waals surface area contributed by atoms with Crippen LogP contribution >= 0.6 is 12.6 Å². The van der Waals surface area contributed by atoms with Gasteiger partial charge in [0.1, 0.15) is 17.7 Å². The van der Waals surface area contributed by atoms with Gasteiger partial charge >= 0.3 is 5.97 Å². The van der Waals surface area contributed by atoms with Crippen molar-refractivity contribution in [2.75, 3.05) is 18.8 Å². The van der Waals surface area contributed by atoms with E-state index in [9.17, 15) is 14.4 Å². The van der Waals surface area contributed by atoms with E-state index in [-0.39, 0.29) is 23.7 Å². The Labute approximate surface area is 155 Å². The van der Waals surface area contributed by atoms with Crippen molar-refractivity contribution in [2.45, 2.75) is 71.1 Å². The van der Waals surface area contributed by atoms with E-state index < -0.39 is 17.7 Å². The average Bonchev–Trinajstić information content (AvgIpc) is 3.19. The minimum atomic E-state index is -0.578. The monoisotopic (exact) mass is 370 g/mol. The van der Waals surface area contributed by atoms with Crippen LogP contribution in [0.4, 0.5) is 0 Å². The van der Waals surface area contributed by atoms with Crippen LogP contribution in [0.1, 0.15) is 53.4 Å². The van der Waals surface area contributed by atoms with Crippen LogP contribution in [0.15, 0.2) is 0 Å². The summed E-state index contributed by atoms with van der Waals surface area (Å²) < 4.78 is 5.47. The summed E-state index contributed by atoms with van der Waals surface area (Å²) in [7, 11) is 0. The Morgan fingerprint density at radius 2 is 1.64 bits per heavy atom. The van der Waals surface area contributed by atoms with Crippen molar-refractivity contribution >= 4 is 30.4 Å². The first-order valence-corrected chi connectivity index (χ1v) is 9.73. The predicted molar refractivity (Wildman–Crippen MR) is 98.3 cm³/mol. The van der Waals surface area contributed by atoms with Crippen LogP contribution in [0, 0.1) is 5.92 Å². The first-order valence-electron chi connectivity index (χ1n) is 9.10. The number of thiol groups is 1. The predicted octanol–water partition coefficient (Wildman–Crippen LogP) is 1.88. The van der Waals surface area contributed by atoms with Gasteiger partial charge in [-0.15, -0.1) is 0 Å². The molecule has 2 aliphatic heterocycles. The van der Waals surface area contributed by atoms with Gasteiger partial charge in [-0.2, -0.15) is 12.6 Å². The van der Waals surface area contributed by atoms with Crippen molar-refractivity contribution in [3.05, 3.63) is 0 Å². The third kappa shape index (κ3) is 4.68. The van der Waals surface area contributed by atoms with Gasteiger partial charge < -0.3 is 14.5 Å². The number of ether oxygens (including phenoxy) is 1. The Kier molecular flexibility index (Phi) is 6.40. The molecule has 2 aliphatic rings. The largest absolute Gasteiger partial charge is 0.458 e. The van der Waals surface area contributed by atoms with Crippen molar-refractivity contribution in [1.82, 2.24) is 9.80 Å². The molecule has 2 saturated heterocycles. The summed E-state index contributed by atoms with van der Waals surface area (Å²) in [6, 6.07) is -0.996. The molecule has 0 spiro atoms. The van der Waals surface area contributed by atoms with Gasteiger partial charge in [-0.25, -0.2) is 4.79 Å². The van der Waals surface area contributed by atoms with Crippen molar-refractivity contribution < 1.29 is 19.1 Å². The maximum absolute atomic E-state index is 13.1. The highest BCUT2D eigenvalue weighted by molar-refractivity contribution is 7.80. The zero-order valence-electron chi connectivity index (χ0n) is 15.7. The molecule has 0 aromatic heterocycles. The third-order valence-electron chi connectivity index (χ3n) is 4.73. The van der Waals surface area contributed by atoms with Crippen LogP contribution in [0.2, 0.25) is 0 Å². The fraction of sp³-hybridized carbons (Fsp3) is 0.833. The number of hydrogen-bond acceptors (Lipinski definition) is 5. The average molecular weight is 371 g/mol. The summed E-state index contributed by atoms with van der Waals surface area (Å²) in [5, 5.41) is 0. The molecule has 2 amide bonds. The highest BCUT2D eigenvalue weighted by Gasteiger charge is 2.43. The number of nitrogens with zero attached hydrogens (tertiary/aromatic N) is 2. The normalized spacial score (nSPS) is 25.2. The Morgan fingerprint density at radius 1 is 1.08 bits per heavy atom. The summed E-state index contributed by atoms with van der Waals surface area (Å²) in [6.07, 6.45) is 2.87. The van der Waals surface area contributed by atoms with Gasteiger partial charge in [0.15, 0.2) is 0 Å². The Morgan fingerprint density at radius 3 is 2.20 bits per heavy atom. The zero-order chi connectivity index (χ0) is 18.8. The van der Waals surface area contributed by atoms with E-state index in [0.717, 1.165) is 12.8 Å². The lowest BCUT2D eigenvalue weighted by molar-refractivity contribution is -0.164. The third-order valence-corrected chi connectivity index (χ3v) is 5.28. The Hall–Kier alpha value is -1.24. The van der Waals surface area contributed by atoms with Crippen LogP contribution in [0.5, 0.6) is 0 Å². The smallest absolute Gasteiger partial charge is 0.329 e. The van der Waals surface area contributed by atoms with Crippen LogP contribution in [-0.4, -0.2) is 64.1 Å². The molecule has 1 unspecified atom stereocenters. The minimum Gasteiger partial charge on any atom is -0.458 e. The first-order chi connectivity index (χ1) is 11.7. The molecular weight excluding hydrogens is 340 g/mol. The highest BCUT2D eigenvalue weighted by Crippen LogP contribution is 2.27. The highest BCUT2D eigenvalue weighted by atomic mass is 32.1. The maximum atomic E-state index is 13.1. The van der Waals surface area contributed by atoms with E-state index in [1.807, 2.05) is 27.7 Å². The molecule has 0 bridgehead atoms. The lowest BCUT2D eigenvalue weighted by Gasteiger charge is -2.32. The SMILES string of the molecule is CC(CS)C(=O)N1CCC[C@H]1C(=O)N1CCC[C@H]1C(=O)OC(C)(C)C. The molecule has 25 heavy (non-hydrogen) atoms. The lowest BCUT2D eigenvalue weighted by Crippen LogP contribution is -2.52. The topological polar surface area (TPSA) is 66.9 Å². The molecule has 2 rings (SSSR count). The van der Waals surface area contributed by atoms with Gasteiger partial charge in [0.2, 0.25) is 11.8 Å². The summed E-state index contributed by atoms with van der Waals surface area (Å²) in [4.78, 5) is 41.3. The molecule has 0 N–H and O–H groups in total. The van der Waals surface area contributed by atoms with E-state index in [1.54, 1.807) is 9.80 Å². The summed E-state index contributed by atoms with van der Waals surface area (Å²) >= 11 is 4.19. The van der Waals surface area contributed by atoms with Crippen molar-refractivity contribution in [1.29, 1.82) is 0 Å². The summed E-state index contributed by atoms with van der Waals surface area (Å²) in [5.41, 5.74) is -0.578. The second-order valence-corrected chi connectivity index (χ2v) is 8.36. The molecule has 142 valence electrons. The molecule has 0 aromatic carbocycles. The molecule has 2 fully saturated rings. The number of carbonyl (C=O) groups excluding carboxylic acids is 3. The zero-order valence-corrected chi connectivity index (χ0v) is 16.6. The standard InChI is InChI=1S/C18H30N2O4S/c1-12(11-25)15(21)19-9-5-7-13(19)16(22)20-10-6-8-14(20)17(23)24-18(2,3)4/h12-14,25H,5-11H2,1-4H3/t12?,13-,14-/m0/s1. The van der Waals surface area contributed by atoms with Crippen LogP contribution in [0.25, 0.3) is 0 Å². The van der Waals surface area contributed by atoms with E-state index >= 15 is 0 Å². The molecule has 0 aromatic rings. The Bertz CT molecular complexity index is 532. The van der Waals surface area contributed by atoms with Crippen LogP contribution < -0.4 is 0 Å². The summed E-state index contributed by atoms with van der Waals surface area (Å²) in [6.45, 7) is 8.43. The number of hydrogen-bond donors (Lipinski definition) is 1. The molecule has 0 saturated carbocycles. The molecule has 3 atom stereocenters. The van der Waals surface area contributed by atoms with Crippen LogP contribution in [-0.2, 0) is 19.1 Å². The minimum absolute atomic E-state index is 0.0288. The van der Waals surface area contributed by atoms with E-state index in [4.69, 9.17) is 4.74 Å². The van der Waals surface area contributed by atoms with Gasteiger partial charge in [-0.3, -0.25) is 9.59 Å². The maximum Gasteiger partial charge on any atom is 0.329 e. The first kappa shape index (κ1) is 20.1. The van der Waals surface area contributed by atoms with Crippen molar-refractivity contribution in [2.24, 2.45) is 5.92 Å². The molecule has 6 nitrogen and oxygen atoms in total. The van der Waals surface area contributed by atoms with Crippen molar-refractivity contribution in [3.8, 4) is 0 Å². The van der Waals surface area contributed by atoms with Gasteiger partial charge in [-0.1, -0.05) is 6.92 Å². The number of likely N-dealkylation sites (tertiary alicyclic amines) is 2. The number of carbonyl (C=O) groups is 3. The molecule has 7 heteroatoms. The molecule has 0 aliphatic carbocycles. The van der Waals surface area contributed by atoms with Gasteiger partial charge in [0.05, 0.1) is 0 Å². The van der Waals surface area contributed by atoms with E-state index in [0.29, 0.717) is 31.7 Å². The van der Waals surface area contributed by atoms with Gasteiger partial charge in [-0.05, 0) is 46.5 Å². The second kappa shape index (κ2) is 7.98. The molecule has 0 radical (unpaired) electrons. The molecular formula is C18H30N2O4S. The van der Waals surface area contributed by atoms with E-state index in [2.05, 4.69) is 12.6 Å². The fourth-order valence-electron chi connectivity index (χ4n) is 3.49.